The second-order valence-corrected chi connectivity index (χ2v) is 6.19. The number of anilines is 2. The van der Waals surface area contributed by atoms with Crippen molar-refractivity contribution in [1.82, 2.24) is 19.9 Å². The van der Waals surface area contributed by atoms with Crippen molar-refractivity contribution in [2.75, 3.05) is 36.0 Å². The molecule has 0 unspecified atom stereocenters. The van der Waals surface area contributed by atoms with Crippen LogP contribution in [0.1, 0.15) is 38.5 Å². The fourth-order valence-electron chi connectivity index (χ4n) is 3.53. The molecule has 6 nitrogen and oxygen atoms in total. The summed E-state index contributed by atoms with van der Waals surface area (Å²) in [7, 11) is 0. The van der Waals surface area contributed by atoms with Crippen molar-refractivity contribution in [3.05, 3.63) is 12.7 Å². The minimum Gasteiger partial charge on any atom is -0.355 e. The fourth-order valence-corrected chi connectivity index (χ4v) is 3.53. The van der Waals surface area contributed by atoms with Gasteiger partial charge in [-0.1, -0.05) is 0 Å². The van der Waals surface area contributed by atoms with Crippen LogP contribution in [0.4, 0.5) is 11.6 Å². The molecule has 0 spiro atoms. The number of aromatic nitrogens is 4. The first kappa shape index (κ1) is 13.7. The summed E-state index contributed by atoms with van der Waals surface area (Å²) in [4.78, 5) is 22.8. The zero-order valence-corrected chi connectivity index (χ0v) is 12.9. The second kappa shape index (κ2) is 6.02. The normalized spacial score (nSPS) is 19.6. The molecule has 2 saturated heterocycles. The number of piperidine rings is 2. The van der Waals surface area contributed by atoms with Gasteiger partial charge in [-0.05, 0) is 38.5 Å². The van der Waals surface area contributed by atoms with Gasteiger partial charge in [0.15, 0.2) is 11.6 Å². The standard InChI is InChI=1S/C16H22N6/c1-3-7-21(8-4-1)15-13-14(18-11-19-15)16(20-12-17-13)22-9-5-2-6-10-22/h11-12H,1-10H2. The lowest BCUT2D eigenvalue weighted by molar-refractivity contribution is 0.572. The molecule has 0 saturated carbocycles. The molecule has 2 aromatic rings. The third-order valence-corrected chi connectivity index (χ3v) is 4.69. The Morgan fingerprint density at radius 2 is 0.955 bits per heavy atom. The number of hydrogen-bond acceptors (Lipinski definition) is 6. The Hall–Kier alpha value is -1.98. The zero-order chi connectivity index (χ0) is 14.8. The zero-order valence-electron chi connectivity index (χ0n) is 12.9. The maximum absolute atomic E-state index is 4.52. The fraction of sp³-hybridized carbons (Fsp3) is 0.625. The van der Waals surface area contributed by atoms with Crippen LogP contribution in [-0.2, 0) is 0 Å². The first-order valence-corrected chi connectivity index (χ1v) is 8.39. The Morgan fingerprint density at radius 1 is 0.545 bits per heavy atom. The topological polar surface area (TPSA) is 58.0 Å². The molecule has 2 aliphatic rings. The van der Waals surface area contributed by atoms with Gasteiger partial charge >= 0.3 is 0 Å². The third kappa shape index (κ3) is 2.46. The molecule has 116 valence electrons. The minimum atomic E-state index is 0.903. The van der Waals surface area contributed by atoms with E-state index < -0.39 is 0 Å². The summed E-state index contributed by atoms with van der Waals surface area (Å²) in [5.74, 6) is 1.95. The van der Waals surface area contributed by atoms with Crippen molar-refractivity contribution in [3.63, 3.8) is 0 Å². The van der Waals surface area contributed by atoms with Crippen molar-refractivity contribution in [2.24, 2.45) is 0 Å². The number of hydrogen-bond donors (Lipinski definition) is 0. The van der Waals surface area contributed by atoms with E-state index in [9.17, 15) is 0 Å². The van der Waals surface area contributed by atoms with E-state index in [2.05, 4.69) is 29.7 Å². The highest BCUT2D eigenvalue weighted by Crippen LogP contribution is 2.29. The van der Waals surface area contributed by atoms with Gasteiger partial charge in [-0.3, -0.25) is 0 Å². The molecule has 4 heterocycles. The molecule has 0 aromatic carbocycles. The van der Waals surface area contributed by atoms with Gasteiger partial charge in [0.1, 0.15) is 23.7 Å². The highest BCUT2D eigenvalue weighted by molar-refractivity contribution is 5.92. The maximum atomic E-state index is 4.52. The Morgan fingerprint density at radius 3 is 1.36 bits per heavy atom. The van der Waals surface area contributed by atoms with Crippen molar-refractivity contribution in [2.45, 2.75) is 38.5 Å². The predicted octanol–water partition coefficient (Wildman–Crippen LogP) is 2.40. The van der Waals surface area contributed by atoms with E-state index in [-0.39, 0.29) is 0 Å². The molecular weight excluding hydrogens is 276 g/mol. The largest absolute Gasteiger partial charge is 0.355 e. The molecule has 0 bridgehead atoms. The van der Waals surface area contributed by atoms with Gasteiger partial charge in [-0.15, -0.1) is 0 Å². The van der Waals surface area contributed by atoms with Gasteiger partial charge in [0.2, 0.25) is 0 Å². The first-order chi connectivity index (χ1) is 10.9. The van der Waals surface area contributed by atoms with Gasteiger partial charge in [-0.2, -0.15) is 0 Å². The average molecular weight is 298 g/mol. The Kier molecular flexibility index (Phi) is 3.74. The summed E-state index contributed by atoms with van der Waals surface area (Å²) >= 11 is 0. The van der Waals surface area contributed by atoms with Crippen molar-refractivity contribution < 1.29 is 0 Å². The monoisotopic (exact) mass is 298 g/mol. The summed E-state index contributed by atoms with van der Waals surface area (Å²) in [6, 6.07) is 0. The average Bonchev–Trinajstić information content (AvgIpc) is 2.62. The van der Waals surface area contributed by atoms with Crippen LogP contribution < -0.4 is 9.80 Å². The SMILES string of the molecule is c1nc(N2CCCCC2)c2ncnc(N3CCCCC3)c2n1. The van der Waals surface area contributed by atoms with Crippen LogP contribution in [0, 0.1) is 0 Å². The minimum absolute atomic E-state index is 0.903. The van der Waals surface area contributed by atoms with Crippen LogP contribution in [-0.4, -0.2) is 46.1 Å². The molecule has 0 aliphatic carbocycles. The lowest BCUT2D eigenvalue weighted by Crippen LogP contribution is -2.32. The number of fused-ring (bicyclic) bond motifs is 1. The highest BCUT2D eigenvalue weighted by Gasteiger charge is 2.21. The molecule has 2 aliphatic heterocycles. The van der Waals surface area contributed by atoms with Crippen molar-refractivity contribution in [1.29, 1.82) is 0 Å². The molecule has 0 radical (unpaired) electrons. The molecule has 2 fully saturated rings. The Bertz CT molecular complexity index is 589. The van der Waals surface area contributed by atoms with Crippen LogP contribution >= 0.6 is 0 Å². The molecule has 4 rings (SSSR count). The third-order valence-electron chi connectivity index (χ3n) is 4.69. The summed E-state index contributed by atoms with van der Waals surface area (Å²) in [6.45, 7) is 4.26. The molecule has 0 atom stereocenters. The quantitative estimate of drug-likeness (QED) is 0.848. The van der Waals surface area contributed by atoms with E-state index in [0.717, 1.165) is 48.8 Å². The molecule has 0 N–H and O–H groups in total. The summed E-state index contributed by atoms with van der Waals surface area (Å²) < 4.78 is 0. The van der Waals surface area contributed by atoms with Gasteiger partial charge in [0, 0.05) is 26.2 Å². The van der Waals surface area contributed by atoms with Crippen LogP contribution in [0.5, 0.6) is 0 Å². The van der Waals surface area contributed by atoms with Gasteiger partial charge in [0.05, 0.1) is 0 Å². The summed E-state index contributed by atoms with van der Waals surface area (Å²) in [5, 5.41) is 0. The maximum Gasteiger partial charge on any atom is 0.158 e. The van der Waals surface area contributed by atoms with E-state index >= 15 is 0 Å². The highest BCUT2D eigenvalue weighted by atomic mass is 15.2. The molecular formula is C16H22N6. The molecule has 22 heavy (non-hydrogen) atoms. The molecule has 6 heteroatoms. The molecule has 0 amide bonds. The lowest BCUT2D eigenvalue weighted by atomic mass is 10.1. The van der Waals surface area contributed by atoms with E-state index in [0.29, 0.717) is 0 Å². The number of nitrogens with zero attached hydrogens (tertiary/aromatic N) is 6. The second-order valence-electron chi connectivity index (χ2n) is 6.19. The summed E-state index contributed by atoms with van der Waals surface area (Å²) in [5.41, 5.74) is 1.81. The van der Waals surface area contributed by atoms with Crippen molar-refractivity contribution in [3.8, 4) is 0 Å². The van der Waals surface area contributed by atoms with Crippen LogP contribution in [0.2, 0.25) is 0 Å². The first-order valence-electron chi connectivity index (χ1n) is 8.39. The van der Waals surface area contributed by atoms with Gasteiger partial charge in [-0.25, -0.2) is 19.9 Å². The smallest absolute Gasteiger partial charge is 0.158 e. The van der Waals surface area contributed by atoms with Crippen LogP contribution in [0.25, 0.3) is 11.0 Å². The number of rotatable bonds is 2. The van der Waals surface area contributed by atoms with Crippen LogP contribution in [0.3, 0.4) is 0 Å². The Balaban J connectivity index is 1.76. The van der Waals surface area contributed by atoms with E-state index in [1.807, 2.05) is 0 Å². The Labute approximate surface area is 130 Å². The van der Waals surface area contributed by atoms with Crippen LogP contribution in [0.15, 0.2) is 12.7 Å². The predicted molar refractivity (Wildman–Crippen MR) is 87.3 cm³/mol. The lowest BCUT2D eigenvalue weighted by Gasteiger charge is -2.30. The van der Waals surface area contributed by atoms with E-state index in [1.165, 1.54) is 38.5 Å². The summed E-state index contributed by atoms with van der Waals surface area (Å²) in [6.07, 6.45) is 10.9. The van der Waals surface area contributed by atoms with Gasteiger partial charge in [0.25, 0.3) is 0 Å². The van der Waals surface area contributed by atoms with Crippen molar-refractivity contribution >= 4 is 22.7 Å². The van der Waals surface area contributed by atoms with E-state index in [1.54, 1.807) is 12.7 Å². The van der Waals surface area contributed by atoms with E-state index in [4.69, 9.17) is 0 Å². The molecule has 2 aromatic heterocycles. The van der Waals surface area contributed by atoms with Gasteiger partial charge < -0.3 is 9.80 Å².